The van der Waals surface area contributed by atoms with Gasteiger partial charge in [0.1, 0.15) is 24.4 Å². The highest BCUT2D eigenvalue weighted by molar-refractivity contribution is 5.75. The molecule has 538 valence electrons. The van der Waals surface area contributed by atoms with E-state index < -0.39 is 11.2 Å². The van der Waals surface area contributed by atoms with Gasteiger partial charge in [-0.2, -0.15) is 0 Å². The Balaban J connectivity index is 0.000000299. The van der Waals surface area contributed by atoms with E-state index in [0.29, 0.717) is 76.6 Å². The Morgan fingerprint density at radius 1 is 0.479 bits per heavy atom. The smallest absolute Gasteiger partial charge is 0.410 e. The largest absolute Gasteiger partial charge is 0.466 e. The fourth-order valence-electron chi connectivity index (χ4n) is 12.5. The molecular weight excluding hydrogens is 1200 g/mol. The second-order valence-electron chi connectivity index (χ2n) is 30.2. The maximum atomic E-state index is 12.1. The van der Waals surface area contributed by atoms with Gasteiger partial charge in [0, 0.05) is 121 Å². The highest BCUT2D eigenvalue weighted by Crippen LogP contribution is 2.33. The number of amides is 4. The lowest BCUT2D eigenvalue weighted by Gasteiger charge is -2.39. The van der Waals surface area contributed by atoms with Crippen LogP contribution in [0.4, 0.5) is 19.2 Å². The van der Waals surface area contributed by atoms with E-state index in [1.807, 2.05) is 109 Å². The molecule has 4 amide bonds. The molecular formula is C73H126N6O15. The Morgan fingerprint density at radius 3 is 1.19 bits per heavy atom. The number of rotatable bonds is 15. The number of hydrogen-bond acceptors (Lipinski definition) is 17. The number of benzene rings is 2. The van der Waals surface area contributed by atoms with Gasteiger partial charge in [0.15, 0.2) is 0 Å². The number of ether oxygens (including phenoxy) is 9. The van der Waals surface area contributed by atoms with E-state index in [4.69, 9.17) is 42.6 Å². The zero-order chi connectivity index (χ0) is 69.9. The van der Waals surface area contributed by atoms with Gasteiger partial charge in [-0.1, -0.05) is 95.3 Å². The molecule has 8 rings (SSSR count). The second kappa shape index (κ2) is 41.7. The minimum absolute atomic E-state index is 0.0404. The van der Waals surface area contributed by atoms with Gasteiger partial charge in [0.05, 0.1) is 45.6 Å². The summed E-state index contributed by atoms with van der Waals surface area (Å²) in [6.07, 6.45) is 11.8. The Labute approximate surface area is 566 Å². The summed E-state index contributed by atoms with van der Waals surface area (Å²) in [7, 11) is 6.97. The van der Waals surface area contributed by atoms with Crippen LogP contribution in [-0.2, 0) is 60.6 Å². The van der Waals surface area contributed by atoms with Gasteiger partial charge in [-0.05, 0) is 150 Å². The topological polar surface area (TPSA) is 226 Å². The number of aliphatic hydroxyl groups excluding tert-OH is 1. The summed E-state index contributed by atoms with van der Waals surface area (Å²) in [5.74, 6) is -0.433. The van der Waals surface area contributed by atoms with Crippen molar-refractivity contribution in [2.75, 3.05) is 147 Å². The number of hydrogen-bond donors (Lipinski definition) is 3. The van der Waals surface area contributed by atoms with Crippen LogP contribution in [0.5, 0.6) is 0 Å². The minimum Gasteiger partial charge on any atom is -0.466 e. The molecule has 3 unspecified atom stereocenters. The van der Waals surface area contributed by atoms with E-state index in [2.05, 4.69) is 38.3 Å². The summed E-state index contributed by atoms with van der Waals surface area (Å²) < 4.78 is 47.2. The average molecular weight is 1330 g/mol. The van der Waals surface area contributed by atoms with Gasteiger partial charge in [-0.15, -0.1) is 0 Å². The molecule has 0 bridgehead atoms. The van der Waals surface area contributed by atoms with Crippen molar-refractivity contribution in [3.8, 4) is 0 Å². The van der Waals surface area contributed by atoms with Crippen LogP contribution in [0.1, 0.15) is 171 Å². The number of likely N-dealkylation sites (tertiary alicyclic amines) is 4. The summed E-state index contributed by atoms with van der Waals surface area (Å²) in [4.78, 5) is 66.5. The molecule has 6 aliphatic heterocycles. The minimum atomic E-state index is -0.506. The van der Waals surface area contributed by atoms with Crippen LogP contribution in [0.3, 0.4) is 0 Å². The van der Waals surface area contributed by atoms with E-state index in [-0.39, 0.29) is 59.1 Å². The van der Waals surface area contributed by atoms with E-state index >= 15 is 0 Å². The molecule has 6 aliphatic rings. The highest BCUT2D eigenvalue weighted by Gasteiger charge is 2.38. The molecule has 6 fully saturated rings. The third-order valence-corrected chi connectivity index (χ3v) is 17.3. The SMILES string of the molecule is CC1(CO)CCCN(C(=O)OC(C)(C)C)C1.CCOC(=O)C1CCCN(C(=O)OC(C)(C)C)C1.COCC1(C)CCCNC1.COC[C@@]1(C)CCCN(C(=O)OCc2ccccc2)C1.COC[C@@]1(C)CCCNC1.COC[C@]1(C)CCCN(C(=O)OCc2ccccc2)C1. The van der Waals surface area contributed by atoms with Crippen molar-refractivity contribution in [1.29, 1.82) is 0 Å². The fraction of sp³-hybridized carbons (Fsp3) is 0.767. The molecule has 94 heavy (non-hydrogen) atoms. The summed E-state index contributed by atoms with van der Waals surface area (Å²) in [6, 6.07) is 19.5. The lowest BCUT2D eigenvalue weighted by Crippen LogP contribution is -2.48. The first kappa shape index (κ1) is 82.9. The summed E-state index contributed by atoms with van der Waals surface area (Å²) in [5.41, 5.74) is 1.76. The number of aliphatic hydroxyl groups is 1. The van der Waals surface area contributed by atoms with Crippen LogP contribution in [0.25, 0.3) is 0 Å². The van der Waals surface area contributed by atoms with Crippen LogP contribution in [-0.4, -0.2) is 213 Å². The van der Waals surface area contributed by atoms with Crippen LogP contribution in [0.15, 0.2) is 60.7 Å². The highest BCUT2D eigenvalue weighted by atomic mass is 16.6. The predicted octanol–water partition coefficient (Wildman–Crippen LogP) is 12.4. The predicted molar refractivity (Wildman–Crippen MR) is 368 cm³/mol. The summed E-state index contributed by atoms with van der Waals surface area (Å²) in [5, 5.41) is 16.1. The van der Waals surface area contributed by atoms with Crippen molar-refractivity contribution in [1.82, 2.24) is 30.2 Å². The van der Waals surface area contributed by atoms with Crippen molar-refractivity contribution in [3.63, 3.8) is 0 Å². The van der Waals surface area contributed by atoms with Gasteiger partial charge in [-0.25, -0.2) is 19.2 Å². The van der Waals surface area contributed by atoms with E-state index in [0.717, 1.165) is 108 Å². The van der Waals surface area contributed by atoms with Gasteiger partial charge in [0.25, 0.3) is 0 Å². The first-order valence-electron chi connectivity index (χ1n) is 34.4. The number of methoxy groups -OCH3 is 4. The monoisotopic (exact) mass is 1330 g/mol. The zero-order valence-corrected chi connectivity index (χ0v) is 60.9. The van der Waals surface area contributed by atoms with E-state index in [1.165, 1.54) is 38.8 Å². The Kier molecular flexibility index (Phi) is 36.8. The molecule has 2 aromatic rings. The van der Waals surface area contributed by atoms with Crippen LogP contribution < -0.4 is 10.6 Å². The van der Waals surface area contributed by atoms with Crippen LogP contribution in [0, 0.1) is 33.0 Å². The molecule has 6 heterocycles. The van der Waals surface area contributed by atoms with Gasteiger partial charge in [-0.3, -0.25) is 4.79 Å². The van der Waals surface area contributed by atoms with Crippen molar-refractivity contribution < 1.29 is 71.7 Å². The normalized spacial score (nSPS) is 25.4. The Bertz CT molecular complexity index is 2320. The number of carbonyl (C=O) groups is 5. The Hall–Kier alpha value is -5.29. The molecule has 6 atom stereocenters. The van der Waals surface area contributed by atoms with Crippen molar-refractivity contribution in [3.05, 3.63) is 71.8 Å². The number of carbonyl (C=O) groups excluding carboxylic acids is 5. The van der Waals surface area contributed by atoms with Crippen LogP contribution >= 0.6 is 0 Å². The quantitative estimate of drug-likeness (QED) is 0.111. The molecule has 3 N–H and O–H groups in total. The summed E-state index contributed by atoms with van der Waals surface area (Å²) in [6.45, 7) is 37.9. The lowest BCUT2D eigenvalue weighted by molar-refractivity contribution is -0.149. The maximum absolute atomic E-state index is 12.1. The number of nitrogens with one attached hydrogen (secondary N) is 2. The first-order chi connectivity index (χ1) is 44.4. The van der Waals surface area contributed by atoms with Gasteiger partial charge >= 0.3 is 30.3 Å². The molecule has 6 saturated heterocycles. The molecule has 0 aromatic heterocycles. The van der Waals surface area contributed by atoms with Crippen molar-refractivity contribution >= 4 is 30.3 Å². The molecule has 21 heteroatoms. The first-order valence-corrected chi connectivity index (χ1v) is 34.4. The molecule has 0 radical (unpaired) electrons. The molecule has 0 aliphatic carbocycles. The van der Waals surface area contributed by atoms with Gasteiger partial charge in [0.2, 0.25) is 0 Å². The third-order valence-electron chi connectivity index (χ3n) is 17.3. The van der Waals surface area contributed by atoms with Crippen LogP contribution in [0.2, 0.25) is 0 Å². The second-order valence-corrected chi connectivity index (χ2v) is 30.2. The zero-order valence-electron chi connectivity index (χ0n) is 60.9. The number of nitrogens with zero attached hydrogens (tertiary/aromatic N) is 4. The number of piperidine rings is 6. The van der Waals surface area contributed by atoms with Crippen molar-refractivity contribution in [2.24, 2.45) is 33.0 Å². The third kappa shape index (κ3) is 33.1. The van der Waals surface area contributed by atoms with E-state index in [1.54, 1.807) is 55.0 Å². The number of esters is 1. The molecule has 2 aromatic carbocycles. The average Bonchev–Trinajstić information content (AvgIpc) is 0.881. The van der Waals surface area contributed by atoms with Crippen molar-refractivity contribution in [2.45, 2.75) is 185 Å². The van der Waals surface area contributed by atoms with E-state index in [9.17, 15) is 29.1 Å². The fourth-order valence-corrected chi connectivity index (χ4v) is 12.5. The summed E-state index contributed by atoms with van der Waals surface area (Å²) >= 11 is 0. The molecule has 0 spiro atoms. The maximum Gasteiger partial charge on any atom is 0.410 e. The van der Waals surface area contributed by atoms with Gasteiger partial charge < -0.3 is 78.0 Å². The standard InChI is InChI=1S/2C16H23NO3.C13H23NO4.C12H23NO3.2C8H17NO/c2*1-16(13-19-2)9-6-10-17(12-16)15(18)20-11-14-7-4-3-5-8-14;1-5-17-11(15)10-7-6-8-14(9-10)12(16)18-13(2,3)4;1-11(2,3)16-10(15)13-7-5-6-12(4,8-13)9-14;2*1-8(7-10-2)4-3-5-9-6-8/h2*3-5,7-8H,6,9-13H2,1-2H3;10H,5-9H2,1-4H3;14H,5-9H2,1-4H3;2*9H,3-7H2,1-2H3/t2*16-;;;8-;/m10..0./s1. The lowest BCUT2D eigenvalue weighted by atomic mass is 9.83. The molecule has 0 saturated carbocycles. The molecule has 21 nitrogen and oxygen atoms in total. The Morgan fingerprint density at radius 2 is 0.830 bits per heavy atom.